The number of pyridine rings is 1. The molecule has 0 atom stereocenters. The van der Waals surface area contributed by atoms with Crippen molar-refractivity contribution in [3.05, 3.63) is 60.3 Å². The number of carbonyl (C=O) groups is 1. The van der Waals surface area contributed by atoms with E-state index in [0.717, 1.165) is 24.3 Å². The van der Waals surface area contributed by atoms with Crippen molar-refractivity contribution in [1.82, 2.24) is 4.40 Å². The predicted octanol–water partition coefficient (Wildman–Crippen LogP) is 4.38. The summed E-state index contributed by atoms with van der Waals surface area (Å²) in [6.45, 7) is 2.24. The molecular formula is C21H22N2O2. The van der Waals surface area contributed by atoms with Crippen molar-refractivity contribution in [3.8, 4) is 11.3 Å². The van der Waals surface area contributed by atoms with Gasteiger partial charge in [0.15, 0.2) is 0 Å². The molecule has 0 spiro atoms. The van der Waals surface area contributed by atoms with Gasteiger partial charge in [-0.2, -0.15) is 0 Å². The van der Waals surface area contributed by atoms with Gasteiger partial charge >= 0.3 is 5.97 Å². The highest BCUT2D eigenvalue weighted by Gasteiger charge is 2.18. The Balaban J connectivity index is 1.78. The van der Waals surface area contributed by atoms with Crippen molar-refractivity contribution in [1.29, 1.82) is 0 Å². The Kier molecular flexibility index (Phi) is 4.18. The van der Waals surface area contributed by atoms with Crippen molar-refractivity contribution in [3.63, 3.8) is 0 Å². The van der Waals surface area contributed by atoms with E-state index in [1.54, 1.807) is 0 Å². The maximum absolute atomic E-state index is 11.7. The fourth-order valence-corrected chi connectivity index (χ4v) is 3.64. The summed E-state index contributed by atoms with van der Waals surface area (Å²) in [7, 11) is 1.40. The standard InChI is InChI=1S/C21H22N2O2/c1-25-21(24)17-10-8-16(9-11-17)19-15-20(22-12-4-2-5-13-22)18-7-3-6-14-23(18)19/h3,6-11,14-15H,2,4-5,12-13H2,1H3. The molecule has 4 heteroatoms. The summed E-state index contributed by atoms with van der Waals surface area (Å²) >= 11 is 0. The first-order chi connectivity index (χ1) is 12.3. The van der Waals surface area contributed by atoms with Gasteiger partial charge in [-0.25, -0.2) is 4.79 Å². The lowest BCUT2D eigenvalue weighted by atomic mass is 10.1. The summed E-state index contributed by atoms with van der Waals surface area (Å²) < 4.78 is 7.02. The van der Waals surface area contributed by atoms with Crippen molar-refractivity contribution < 1.29 is 9.53 Å². The average molecular weight is 334 g/mol. The number of hydrogen-bond donors (Lipinski definition) is 0. The molecule has 3 aromatic rings. The summed E-state index contributed by atoms with van der Waals surface area (Å²) in [6.07, 6.45) is 5.94. The lowest BCUT2D eigenvalue weighted by Crippen LogP contribution is -2.29. The quantitative estimate of drug-likeness (QED) is 0.667. The minimum atomic E-state index is -0.305. The fraction of sp³-hybridized carbons (Fsp3) is 0.286. The van der Waals surface area contributed by atoms with Crippen LogP contribution in [-0.4, -0.2) is 30.6 Å². The third kappa shape index (κ3) is 2.88. The second-order valence-electron chi connectivity index (χ2n) is 6.49. The number of anilines is 1. The van der Waals surface area contributed by atoms with E-state index in [2.05, 4.69) is 39.8 Å². The van der Waals surface area contributed by atoms with Crippen LogP contribution in [0.4, 0.5) is 5.69 Å². The van der Waals surface area contributed by atoms with E-state index in [4.69, 9.17) is 4.74 Å². The van der Waals surface area contributed by atoms with Gasteiger partial charge in [-0.05, 0) is 55.2 Å². The number of aromatic nitrogens is 1. The number of esters is 1. The molecule has 2 aromatic heterocycles. The molecule has 4 rings (SSSR count). The molecule has 1 aliphatic heterocycles. The molecule has 1 aliphatic rings. The summed E-state index contributed by atoms with van der Waals surface area (Å²) in [4.78, 5) is 14.1. The van der Waals surface area contributed by atoms with E-state index >= 15 is 0 Å². The predicted molar refractivity (Wildman–Crippen MR) is 100 cm³/mol. The highest BCUT2D eigenvalue weighted by atomic mass is 16.5. The molecule has 0 radical (unpaired) electrons. The van der Waals surface area contributed by atoms with Crippen LogP contribution >= 0.6 is 0 Å². The smallest absolute Gasteiger partial charge is 0.337 e. The number of carbonyl (C=O) groups excluding carboxylic acids is 1. The van der Waals surface area contributed by atoms with Crippen LogP contribution in [0.2, 0.25) is 0 Å². The minimum absolute atomic E-state index is 0.305. The molecule has 1 fully saturated rings. The second kappa shape index (κ2) is 6.63. The van der Waals surface area contributed by atoms with E-state index in [0.29, 0.717) is 5.56 Å². The van der Waals surface area contributed by atoms with Gasteiger partial charge in [0.1, 0.15) is 0 Å². The molecule has 1 aromatic carbocycles. The molecule has 3 heterocycles. The van der Waals surface area contributed by atoms with Crippen LogP contribution in [0.3, 0.4) is 0 Å². The van der Waals surface area contributed by atoms with Crippen LogP contribution < -0.4 is 4.90 Å². The number of rotatable bonds is 3. The monoisotopic (exact) mass is 334 g/mol. The van der Waals surface area contributed by atoms with E-state index in [-0.39, 0.29) is 5.97 Å². The zero-order valence-electron chi connectivity index (χ0n) is 14.4. The van der Waals surface area contributed by atoms with Gasteiger partial charge in [-0.1, -0.05) is 18.2 Å². The van der Waals surface area contributed by atoms with Gasteiger partial charge in [-0.15, -0.1) is 0 Å². The Morgan fingerprint density at radius 1 is 1.00 bits per heavy atom. The molecule has 4 nitrogen and oxygen atoms in total. The van der Waals surface area contributed by atoms with Gasteiger partial charge in [0.05, 0.1) is 29.6 Å². The molecule has 0 amide bonds. The van der Waals surface area contributed by atoms with Crippen LogP contribution in [0.25, 0.3) is 16.8 Å². The number of ether oxygens (including phenoxy) is 1. The zero-order chi connectivity index (χ0) is 17.2. The highest BCUT2D eigenvalue weighted by molar-refractivity contribution is 5.90. The van der Waals surface area contributed by atoms with E-state index in [1.807, 2.05) is 24.3 Å². The number of piperidine rings is 1. The average Bonchev–Trinajstić information content (AvgIpc) is 3.08. The Morgan fingerprint density at radius 3 is 2.48 bits per heavy atom. The molecule has 0 bridgehead atoms. The number of benzene rings is 1. The number of fused-ring (bicyclic) bond motifs is 1. The van der Waals surface area contributed by atoms with Gasteiger partial charge in [0, 0.05) is 19.3 Å². The van der Waals surface area contributed by atoms with Crippen molar-refractivity contribution in [2.75, 3.05) is 25.1 Å². The number of nitrogens with zero attached hydrogens (tertiary/aromatic N) is 2. The van der Waals surface area contributed by atoms with Crippen LogP contribution in [-0.2, 0) is 4.74 Å². The van der Waals surface area contributed by atoms with Crippen LogP contribution in [0.1, 0.15) is 29.6 Å². The van der Waals surface area contributed by atoms with E-state index in [1.165, 1.54) is 37.6 Å². The van der Waals surface area contributed by atoms with Crippen molar-refractivity contribution in [2.45, 2.75) is 19.3 Å². The first-order valence-electron chi connectivity index (χ1n) is 8.82. The van der Waals surface area contributed by atoms with Gasteiger partial charge in [0.2, 0.25) is 0 Å². The highest BCUT2D eigenvalue weighted by Crippen LogP contribution is 2.33. The normalized spacial score (nSPS) is 14.7. The van der Waals surface area contributed by atoms with Gasteiger partial charge in [-0.3, -0.25) is 0 Å². The third-order valence-electron chi connectivity index (χ3n) is 4.95. The molecule has 0 unspecified atom stereocenters. The van der Waals surface area contributed by atoms with Crippen LogP contribution in [0, 0.1) is 0 Å². The lowest BCUT2D eigenvalue weighted by molar-refractivity contribution is 0.0601. The summed E-state index contributed by atoms with van der Waals surface area (Å²) in [5.41, 5.74) is 5.34. The van der Waals surface area contributed by atoms with Crippen molar-refractivity contribution in [2.24, 2.45) is 0 Å². The summed E-state index contributed by atoms with van der Waals surface area (Å²) in [5, 5.41) is 0. The molecule has 128 valence electrons. The molecule has 1 saturated heterocycles. The number of hydrogen-bond acceptors (Lipinski definition) is 3. The second-order valence-corrected chi connectivity index (χ2v) is 6.49. The van der Waals surface area contributed by atoms with Crippen LogP contribution in [0.5, 0.6) is 0 Å². The first-order valence-corrected chi connectivity index (χ1v) is 8.82. The molecule has 25 heavy (non-hydrogen) atoms. The lowest BCUT2D eigenvalue weighted by Gasteiger charge is -2.28. The largest absolute Gasteiger partial charge is 0.465 e. The Labute approximate surface area is 147 Å². The Bertz CT molecular complexity index is 890. The van der Waals surface area contributed by atoms with Crippen molar-refractivity contribution >= 4 is 17.2 Å². The SMILES string of the molecule is COC(=O)c1ccc(-c2cc(N3CCCCC3)c3ccccn23)cc1. The molecule has 0 aliphatic carbocycles. The number of methoxy groups -OCH3 is 1. The van der Waals surface area contributed by atoms with Gasteiger partial charge < -0.3 is 14.0 Å². The van der Waals surface area contributed by atoms with Crippen LogP contribution in [0.15, 0.2) is 54.7 Å². The first kappa shape index (κ1) is 15.8. The molecular weight excluding hydrogens is 312 g/mol. The van der Waals surface area contributed by atoms with Gasteiger partial charge in [0.25, 0.3) is 0 Å². The molecule has 0 N–H and O–H groups in total. The fourth-order valence-electron chi connectivity index (χ4n) is 3.64. The third-order valence-corrected chi connectivity index (χ3v) is 4.95. The maximum atomic E-state index is 11.7. The summed E-state index contributed by atoms with van der Waals surface area (Å²) in [5.74, 6) is -0.305. The van der Waals surface area contributed by atoms with E-state index in [9.17, 15) is 4.79 Å². The molecule has 0 saturated carbocycles. The Hall–Kier alpha value is -2.75. The summed E-state index contributed by atoms with van der Waals surface area (Å²) in [6, 6.07) is 16.2. The Morgan fingerprint density at radius 2 is 1.76 bits per heavy atom. The minimum Gasteiger partial charge on any atom is -0.465 e. The topological polar surface area (TPSA) is 34.0 Å². The maximum Gasteiger partial charge on any atom is 0.337 e. The zero-order valence-corrected chi connectivity index (χ0v) is 14.4. The van der Waals surface area contributed by atoms with E-state index < -0.39 is 0 Å².